The molecule has 9 heteroatoms. The summed E-state index contributed by atoms with van der Waals surface area (Å²) in [5, 5.41) is 13.1. The van der Waals surface area contributed by atoms with Crippen LogP contribution in [0.5, 0.6) is 0 Å². The summed E-state index contributed by atoms with van der Waals surface area (Å²) in [5.74, 6) is -2.29. The molecule has 1 amide bonds. The summed E-state index contributed by atoms with van der Waals surface area (Å²) in [7, 11) is 0. The number of benzene rings is 2. The Kier molecular flexibility index (Phi) is 5.59. The number of nitro benzene ring substituents is 1. The Morgan fingerprint density at radius 2 is 1.96 bits per heavy atom. The number of amides is 1. The number of halogens is 2. The van der Waals surface area contributed by atoms with E-state index in [1.165, 1.54) is 30.3 Å². The number of hydrogen-bond acceptors (Lipinski definition) is 5. The Morgan fingerprint density at radius 3 is 2.67 bits per heavy atom. The molecule has 0 aliphatic heterocycles. The quantitative estimate of drug-likeness (QED) is 0.474. The van der Waals surface area contributed by atoms with Crippen molar-refractivity contribution in [1.29, 1.82) is 0 Å². The number of para-hydroxylation sites is 2. The second-order valence-electron chi connectivity index (χ2n) is 4.52. The predicted octanol–water partition coefficient (Wildman–Crippen LogP) is 3.29. The van der Waals surface area contributed by atoms with Crippen LogP contribution in [0.1, 0.15) is 10.4 Å². The van der Waals surface area contributed by atoms with Crippen LogP contribution in [0.15, 0.2) is 46.9 Å². The van der Waals surface area contributed by atoms with Crippen LogP contribution in [0.3, 0.4) is 0 Å². The Labute approximate surface area is 143 Å². The number of rotatable bonds is 5. The molecule has 124 valence electrons. The van der Waals surface area contributed by atoms with Gasteiger partial charge in [0.05, 0.1) is 10.5 Å². The summed E-state index contributed by atoms with van der Waals surface area (Å²) in [6.45, 7) is -0.673. The molecule has 0 aliphatic carbocycles. The Bertz CT molecular complexity index is 812. The van der Waals surface area contributed by atoms with Crippen molar-refractivity contribution in [1.82, 2.24) is 0 Å². The van der Waals surface area contributed by atoms with E-state index in [0.717, 1.165) is 12.1 Å². The number of ether oxygens (including phenoxy) is 1. The number of esters is 1. The largest absolute Gasteiger partial charge is 0.452 e. The van der Waals surface area contributed by atoms with Gasteiger partial charge in [-0.25, -0.2) is 9.18 Å². The highest BCUT2D eigenvalue weighted by Gasteiger charge is 2.17. The highest BCUT2D eigenvalue weighted by Crippen LogP contribution is 2.23. The van der Waals surface area contributed by atoms with Crippen LogP contribution in [0.2, 0.25) is 0 Å². The summed E-state index contributed by atoms with van der Waals surface area (Å²) >= 11 is 3.07. The SMILES string of the molecule is O=C(COC(=O)c1cc(F)ccc1Br)Nc1ccccc1[N+](=O)[O-]. The van der Waals surface area contributed by atoms with E-state index in [0.29, 0.717) is 4.47 Å². The number of nitro groups is 1. The second kappa shape index (κ2) is 7.64. The fraction of sp³-hybridized carbons (Fsp3) is 0.0667. The lowest BCUT2D eigenvalue weighted by atomic mass is 10.2. The standard InChI is InChI=1S/C15H10BrFN2O5/c16-11-6-5-9(17)7-10(11)15(21)24-8-14(20)18-12-3-1-2-4-13(12)19(22)23/h1-7H,8H2,(H,18,20). The molecule has 0 radical (unpaired) electrons. The zero-order valence-corrected chi connectivity index (χ0v) is 13.6. The van der Waals surface area contributed by atoms with E-state index in [1.54, 1.807) is 0 Å². The normalized spacial score (nSPS) is 10.1. The van der Waals surface area contributed by atoms with Crippen molar-refractivity contribution in [3.05, 3.63) is 68.4 Å². The van der Waals surface area contributed by atoms with Gasteiger partial charge in [0, 0.05) is 10.5 Å². The van der Waals surface area contributed by atoms with E-state index in [9.17, 15) is 24.1 Å². The molecule has 1 N–H and O–H groups in total. The molecule has 0 saturated carbocycles. The fourth-order valence-corrected chi connectivity index (χ4v) is 2.20. The molecule has 0 aliphatic rings. The molecule has 7 nitrogen and oxygen atoms in total. The van der Waals surface area contributed by atoms with Crippen molar-refractivity contribution in [3.8, 4) is 0 Å². The van der Waals surface area contributed by atoms with Gasteiger partial charge in [-0.3, -0.25) is 14.9 Å². The van der Waals surface area contributed by atoms with Crippen LogP contribution in [0.4, 0.5) is 15.8 Å². The van der Waals surface area contributed by atoms with Gasteiger partial charge in [0.2, 0.25) is 0 Å². The van der Waals surface area contributed by atoms with E-state index in [2.05, 4.69) is 21.2 Å². The van der Waals surface area contributed by atoms with Gasteiger partial charge in [0.1, 0.15) is 11.5 Å². The summed E-state index contributed by atoms with van der Waals surface area (Å²) in [5.41, 5.74) is -0.381. The van der Waals surface area contributed by atoms with Crippen LogP contribution in [-0.4, -0.2) is 23.4 Å². The van der Waals surface area contributed by atoms with Gasteiger partial charge in [0.25, 0.3) is 11.6 Å². The van der Waals surface area contributed by atoms with Crippen molar-refractivity contribution < 1.29 is 23.6 Å². The molecular formula is C15H10BrFN2O5. The molecule has 0 saturated heterocycles. The lowest BCUT2D eigenvalue weighted by Crippen LogP contribution is -2.21. The van der Waals surface area contributed by atoms with Crippen LogP contribution in [-0.2, 0) is 9.53 Å². The van der Waals surface area contributed by atoms with Crippen molar-refractivity contribution in [3.63, 3.8) is 0 Å². The molecular weight excluding hydrogens is 387 g/mol. The molecule has 0 spiro atoms. The van der Waals surface area contributed by atoms with E-state index in [-0.39, 0.29) is 16.9 Å². The van der Waals surface area contributed by atoms with Crippen molar-refractivity contribution in [2.75, 3.05) is 11.9 Å². The molecule has 2 aromatic rings. The molecule has 0 atom stereocenters. The highest BCUT2D eigenvalue weighted by molar-refractivity contribution is 9.10. The number of carbonyl (C=O) groups excluding carboxylic acids is 2. The second-order valence-corrected chi connectivity index (χ2v) is 5.38. The molecule has 0 bridgehead atoms. The summed E-state index contributed by atoms with van der Waals surface area (Å²) in [4.78, 5) is 33.8. The summed E-state index contributed by atoms with van der Waals surface area (Å²) < 4.78 is 18.2. The molecule has 0 unspecified atom stereocenters. The van der Waals surface area contributed by atoms with Crippen molar-refractivity contribution >= 4 is 39.2 Å². The minimum atomic E-state index is -0.904. The monoisotopic (exact) mass is 396 g/mol. The third-order valence-corrected chi connectivity index (χ3v) is 3.55. The van der Waals surface area contributed by atoms with E-state index >= 15 is 0 Å². The third-order valence-electron chi connectivity index (χ3n) is 2.86. The van der Waals surface area contributed by atoms with Crippen LogP contribution in [0.25, 0.3) is 0 Å². The van der Waals surface area contributed by atoms with Gasteiger partial charge in [-0.15, -0.1) is 0 Å². The average Bonchev–Trinajstić information content (AvgIpc) is 2.55. The zero-order valence-electron chi connectivity index (χ0n) is 12.0. The van der Waals surface area contributed by atoms with Gasteiger partial charge in [-0.05, 0) is 40.2 Å². The molecule has 0 fully saturated rings. The van der Waals surface area contributed by atoms with Crippen LogP contribution >= 0.6 is 15.9 Å². The number of nitrogens with zero attached hydrogens (tertiary/aromatic N) is 1. The number of anilines is 1. The minimum absolute atomic E-state index is 0.0181. The maximum absolute atomic E-state index is 13.1. The van der Waals surface area contributed by atoms with E-state index in [4.69, 9.17) is 4.74 Å². The Hall–Kier alpha value is -2.81. The average molecular weight is 397 g/mol. The molecule has 24 heavy (non-hydrogen) atoms. The predicted molar refractivity (Wildman–Crippen MR) is 86.1 cm³/mol. The molecule has 0 heterocycles. The first-order chi connectivity index (χ1) is 11.4. The lowest BCUT2D eigenvalue weighted by Gasteiger charge is -2.08. The fourth-order valence-electron chi connectivity index (χ4n) is 1.79. The van der Waals surface area contributed by atoms with Gasteiger partial charge >= 0.3 is 5.97 Å². The molecule has 0 aromatic heterocycles. The summed E-state index contributed by atoms with van der Waals surface area (Å²) in [6.07, 6.45) is 0. The van der Waals surface area contributed by atoms with Crippen molar-refractivity contribution in [2.24, 2.45) is 0 Å². The van der Waals surface area contributed by atoms with Gasteiger partial charge in [0.15, 0.2) is 6.61 Å². The van der Waals surface area contributed by atoms with Crippen LogP contribution in [0, 0.1) is 15.9 Å². The smallest absolute Gasteiger partial charge is 0.339 e. The topological polar surface area (TPSA) is 98.5 Å². The first kappa shape index (κ1) is 17.5. The van der Waals surface area contributed by atoms with Crippen molar-refractivity contribution in [2.45, 2.75) is 0 Å². The van der Waals surface area contributed by atoms with Gasteiger partial charge in [-0.1, -0.05) is 12.1 Å². The maximum atomic E-state index is 13.1. The Balaban J connectivity index is 2.00. The summed E-state index contributed by atoms with van der Waals surface area (Å²) in [6, 6.07) is 8.99. The maximum Gasteiger partial charge on any atom is 0.339 e. The first-order valence-electron chi connectivity index (χ1n) is 6.54. The minimum Gasteiger partial charge on any atom is -0.452 e. The number of hydrogen-bond donors (Lipinski definition) is 1. The number of carbonyl (C=O) groups is 2. The zero-order chi connectivity index (χ0) is 17.7. The molecule has 2 aromatic carbocycles. The Morgan fingerprint density at radius 1 is 1.25 bits per heavy atom. The van der Waals surface area contributed by atoms with Crippen LogP contribution < -0.4 is 5.32 Å². The van der Waals surface area contributed by atoms with Gasteiger partial charge < -0.3 is 10.1 Å². The highest BCUT2D eigenvalue weighted by atomic mass is 79.9. The third kappa shape index (κ3) is 4.35. The van der Waals surface area contributed by atoms with E-state index < -0.39 is 29.2 Å². The first-order valence-corrected chi connectivity index (χ1v) is 7.33. The molecule has 2 rings (SSSR count). The number of nitrogens with one attached hydrogen (secondary N) is 1. The van der Waals surface area contributed by atoms with E-state index in [1.807, 2.05) is 0 Å². The lowest BCUT2D eigenvalue weighted by molar-refractivity contribution is -0.383. The van der Waals surface area contributed by atoms with Gasteiger partial charge in [-0.2, -0.15) is 0 Å².